The lowest BCUT2D eigenvalue weighted by atomic mass is 10.1. The van der Waals surface area contributed by atoms with E-state index in [1.165, 1.54) is 41.3 Å². The zero-order valence-corrected chi connectivity index (χ0v) is 15.0. The molecule has 0 aliphatic carbocycles. The predicted octanol–water partition coefficient (Wildman–Crippen LogP) is 2.95. The highest BCUT2D eigenvalue weighted by Crippen LogP contribution is 2.29. The predicted molar refractivity (Wildman–Crippen MR) is 98.4 cm³/mol. The van der Waals surface area contributed by atoms with Crippen LogP contribution in [0.3, 0.4) is 0 Å². The second-order valence-electron chi connectivity index (χ2n) is 6.44. The van der Waals surface area contributed by atoms with E-state index in [0.717, 1.165) is 26.2 Å². The number of aromatic nitrogens is 1. The van der Waals surface area contributed by atoms with Crippen LogP contribution in [0.15, 0.2) is 11.2 Å². The third-order valence-electron chi connectivity index (χ3n) is 4.72. The summed E-state index contributed by atoms with van der Waals surface area (Å²) in [5, 5.41) is 3.28. The van der Waals surface area contributed by atoms with Gasteiger partial charge in [-0.3, -0.25) is 9.89 Å². The SMILES string of the molecule is CCCCSCC1CN(Cc2c[nH]c3c2NC=NC3)CC1OC. The molecule has 1 saturated heterocycles. The number of methoxy groups -OCH3 is 1. The van der Waals surface area contributed by atoms with Gasteiger partial charge in [0.1, 0.15) is 0 Å². The number of unbranched alkanes of at least 4 members (excludes halogenated alkanes) is 1. The van der Waals surface area contributed by atoms with Crippen LogP contribution in [0.25, 0.3) is 0 Å². The lowest BCUT2D eigenvalue weighted by Crippen LogP contribution is -2.23. The minimum absolute atomic E-state index is 0.369. The van der Waals surface area contributed by atoms with Crippen LogP contribution in [-0.4, -0.2) is 54.0 Å². The number of nitrogens with one attached hydrogen (secondary N) is 2. The lowest BCUT2D eigenvalue weighted by molar-refractivity contribution is 0.0845. The number of anilines is 1. The van der Waals surface area contributed by atoms with Crippen molar-refractivity contribution in [2.24, 2.45) is 10.9 Å². The van der Waals surface area contributed by atoms with Crippen LogP contribution in [0.4, 0.5) is 5.69 Å². The minimum Gasteiger partial charge on any atom is -0.380 e. The van der Waals surface area contributed by atoms with Crippen LogP contribution in [-0.2, 0) is 17.8 Å². The summed E-state index contributed by atoms with van der Waals surface area (Å²) >= 11 is 2.08. The Morgan fingerprint density at radius 3 is 3.17 bits per heavy atom. The number of nitrogens with zero attached hydrogens (tertiary/aromatic N) is 2. The zero-order valence-electron chi connectivity index (χ0n) is 14.2. The van der Waals surface area contributed by atoms with Crippen LogP contribution in [0, 0.1) is 5.92 Å². The van der Waals surface area contributed by atoms with Gasteiger partial charge < -0.3 is 15.0 Å². The molecule has 2 unspecified atom stereocenters. The van der Waals surface area contributed by atoms with E-state index in [9.17, 15) is 0 Å². The Balaban J connectivity index is 1.54. The molecule has 1 aromatic heterocycles. The molecule has 0 bridgehead atoms. The molecule has 0 radical (unpaired) electrons. The first kappa shape index (κ1) is 16.9. The Morgan fingerprint density at radius 2 is 2.35 bits per heavy atom. The fourth-order valence-electron chi connectivity index (χ4n) is 3.39. The Hall–Kier alpha value is -0.980. The number of thioether (sulfide) groups is 1. The van der Waals surface area contributed by atoms with E-state index in [1.807, 2.05) is 7.11 Å². The maximum atomic E-state index is 5.74. The second kappa shape index (κ2) is 8.22. The van der Waals surface area contributed by atoms with Gasteiger partial charge in [0.25, 0.3) is 0 Å². The van der Waals surface area contributed by atoms with E-state index in [0.29, 0.717) is 12.0 Å². The first-order chi connectivity index (χ1) is 11.3. The van der Waals surface area contributed by atoms with E-state index in [-0.39, 0.29) is 0 Å². The molecule has 5 nitrogen and oxygen atoms in total. The summed E-state index contributed by atoms with van der Waals surface area (Å²) in [6, 6.07) is 0. The third kappa shape index (κ3) is 4.11. The van der Waals surface area contributed by atoms with Crippen molar-refractivity contribution in [2.45, 2.75) is 39.0 Å². The first-order valence-corrected chi connectivity index (χ1v) is 9.74. The van der Waals surface area contributed by atoms with Crippen LogP contribution in [0.1, 0.15) is 31.0 Å². The number of aliphatic imine (C=N–C) groups is 1. The molecule has 1 aromatic rings. The van der Waals surface area contributed by atoms with Gasteiger partial charge in [-0.15, -0.1) is 0 Å². The van der Waals surface area contributed by atoms with Gasteiger partial charge in [0, 0.05) is 44.4 Å². The van der Waals surface area contributed by atoms with Crippen molar-refractivity contribution < 1.29 is 4.74 Å². The average Bonchev–Trinajstić information content (AvgIpc) is 3.16. The van der Waals surface area contributed by atoms with Crippen LogP contribution < -0.4 is 5.32 Å². The number of aromatic amines is 1. The van der Waals surface area contributed by atoms with Crippen LogP contribution in [0.2, 0.25) is 0 Å². The Labute approximate surface area is 143 Å². The van der Waals surface area contributed by atoms with E-state index in [4.69, 9.17) is 4.74 Å². The summed E-state index contributed by atoms with van der Waals surface area (Å²) in [6.07, 6.45) is 6.90. The molecule has 23 heavy (non-hydrogen) atoms. The number of hydrogen-bond acceptors (Lipinski definition) is 5. The molecular formula is C17H28N4OS. The fraction of sp³-hybridized carbons (Fsp3) is 0.706. The van der Waals surface area contributed by atoms with Crippen molar-refractivity contribution in [3.05, 3.63) is 17.5 Å². The van der Waals surface area contributed by atoms with E-state index in [2.05, 4.69) is 45.1 Å². The summed E-state index contributed by atoms with van der Waals surface area (Å²) in [5.74, 6) is 3.13. The topological polar surface area (TPSA) is 52.7 Å². The molecule has 128 valence electrons. The molecule has 2 N–H and O–H groups in total. The maximum Gasteiger partial charge on any atom is 0.0873 e. The largest absolute Gasteiger partial charge is 0.380 e. The number of likely N-dealkylation sites (tertiary alicyclic amines) is 1. The number of fused-ring (bicyclic) bond motifs is 1. The molecule has 2 aliphatic rings. The number of rotatable bonds is 8. The van der Waals surface area contributed by atoms with E-state index in [1.54, 1.807) is 6.34 Å². The molecule has 0 saturated carbocycles. The smallest absolute Gasteiger partial charge is 0.0873 e. The third-order valence-corrected chi connectivity index (χ3v) is 5.96. The van der Waals surface area contributed by atoms with Crippen molar-refractivity contribution in [3.63, 3.8) is 0 Å². The molecule has 1 fully saturated rings. The molecule has 3 rings (SSSR count). The van der Waals surface area contributed by atoms with E-state index >= 15 is 0 Å². The summed E-state index contributed by atoms with van der Waals surface area (Å²) in [6.45, 7) is 6.14. The van der Waals surface area contributed by atoms with Crippen molar-refractivity contribution in [2.75, 3.05) is 37.0 Å². The summed E-state index contributed by atoms with van der Waals surface area (Å²) in [4.78, 5) is 10.1. The van der Waals surface area contributed by atoms with Gasteiger partial charge in [-0.2, -0.15) is 11.8 Å². The second-order valence-corrected chi connectivity index (χ2v) is 7.59. The molecule has 2 atom stereocenters. The van der Waals surface area contributed by atoms with Gasteiger partial charge in [-0.05, 0) is 17.9 Å². The fourth-order valence-corrected chi connectivity index (χ4v) is 4.68. The van der Waals surface area contributed by atoms with Crippen molar-refractivity contribution >= 4 is 23.8 Å². The van der Waals surface area contributed by atoms with Crippen molar-refractivity contribution in [3.8, 4) is 0 Å². The van der Waals surface area contributed by atoms with Gasteiger partial charge in [-0.1, -0.05) is 13.3 Å². The van der Waals surface area contributed by atoms with Gasteiger partial charge in [0.05, 0.1) is 30.4 Å². The molecule has 6 heteroatoms. The molecule has 0 aromatic carbocycles. The van der Waals surface area contributed by atoms with Gasteiger partial charge in [0.2, 0.25) is 0 Å². The van der Waals surface area contributed by atoms with Gasteiger partial charge in [-0.25, -0.2) is 0 Å². The Bertz CT molecular complexity index is 531. The monoisotopic (exact) mass is 336 g/mol. The molecule has 0 spiro atoms. The molecule has 3 heterocycles. The standard InChI is InChI=1S/C17H28N4OS/c1-3-4-5-23-11-14-9-21(10-16(14)22-2)8-13-6-19-15-7-18-12-20-17(13)15/h6,12,14,16,19H,3-5,7-11H2,1-2H3,(H,18,20). The molecule has 2 aliphatic heterocycles. The quantitative estimate of drug-likeness (QED) is 0.717. The Morgan fingerprint density at radius 1 is 1.43 bits per heavy atom. The number of hydrogen-bond donors (Lipinski definition) is 2. The van der Waals surface area contributed by atoms with Crippen LogP contribution in [0.5, 0.6) is 0 Å². The number of ether oxygens (including phenoxy) is 1. The molecular weight excluding hydrogens is 308 g/mol. The first-order valence-electron chi connectivity index (χ1n) is 8.58. The summed E-state index contributed by atoms with van der Waals surface area (Å²) in [5.41, 5.74) is 3.74. The average molecular weight is 337 g/mol. The lowest BCUT2D eigenvalue weighted by Gasteiger charge is -2.17. The van der Waals surface area contributed by atoms with Gasteiger partial charge >= 0.3 is 0 Å². The summed E-state index contributed by atoms with van der Waals surface area (Å²) in [7, 11) is 1.86. The highest BCUT2D eigenvalue weighted by atomic mass is 32.2. The van der Waals surface area contributed by atoms with Crippen molar-refractivity contribution in [1.29, 1.82) is 0 Å². The Kier molecular flexibility index (Phi) is 6.02. The van der Waals surface area contributed by atoms with Crippen molar-refractivity contribution in [1.82, 2.24) is 9.88 Å². The van der Waals surface area contributed by atoms with Crippen LogP contribution >= 0.6 is 11.8 Å². The molecule has 0 amide bonds. The normalized spacial score (nSPS) is 23.9. The van der Waals surface area contributed by atoms with Gasteiger partial charge in [0.15, 0.2) is 0 Å². The zero-order chi connectivity index (χ0) is 16.1. The minimum atomic E-state index is 0.369. The number of H-pyrrole nitrogens is 1. The maximum absolute atomic E-state index is 5.74. The highest BCUT2D eigenvalue weighted by Gasteiger charge is 2.33. The summed E-state index contributed by atoms with van der Waals surface area (Å²) < 4.78 is 5.74. The highest BCUT2D eigenvalue weighted by molar-refractivity contribution is 7.99. The van der Waals surface area contributed by atoms with E-state index < -0.39 is 0 Å².